The second-order valence-corrected chi connectivity index (χ2v) is 12.0. The van der Waals surface area contributed by atoms with Crippen LogP contribution < -0.4 is 15.9 Å². The Morgan fingerprint density at radius 1 is 1.23 bits per heavy atom. The fourth-order valence-corrected chi connectivity index (χ4v) is 7.04. The minimum absolute atomic E-state index is 0.0121. The molecule has 3 heterocycles. The lowest BCUT2D eigenvalue weighted by Crippen LogP contribution is -2.54. The number of carbonyl (C=O) groups is 1. The van der Waals surface area contributed by atoms with Crippen LogP contribution in [0.1, 0.15) is 12.5 Å². The highest BCUT2D eigenvalue weighted by Crippen LogP contribution is 2.49. The summed E-state index contributed by atoms with van der Waals surface area (Å²) >= 11 is 6.93. The number of piperazine rings is 1. The molecule has 2 aliphatic heterocycles. The maximum atomic E-state index is 15.3. The van der Waals surface area contributed by atoms with Crippen LogP contribution in [0.3, 0.4) is 0 Å². The molecule has 5 rings (SSSR count). The molecule has 8 nitrogen and oxygen atoms in total. The molecule has 2 atom stereocenters. The zero-order valence-corrected chi connectivity index (χ0v) is 25.4. The molecule has 1 N–H and O–H groups in total. The highest BCUT2D eigenvalue weighted by molar-refractivity contribution is 7.99. The van der Waals surface area contributed by atoms with E-state index in [2.05, 4.69) is 16.9 Å². The van der Waals surface area contributed by atoms with Gasteiger partial charge in [-0.15, -0.1) is 11.8 Å². The molecule has 0 bridgehead atoms. The first-order valence-electron chi connectivity index (χ1n) is 13.8. The van der Waals surface area contributed by atoms with Crippen molar-refractivity contribution in [2.75, 3.05) is 50.5 Å². The van der Waals surface area contributed by atoms with Crippen molar-refractivity contribution in [3.8, 4) is 11.1 Å². The fourth-order valence-electron chi connectivity index (χ4n) is 5.60. The van der Waals surface area contributed by atoms with Gasteiger partial charge < -0.3 is 19.9 Å². The van der Waals surface area contributed by atoms with E-state index in [1.807, 2.05) is 0 Å². The minimum Gasteiger partial charge on any atom is -0.374 e. The van der Waals surface area contributed by atoms with E-state index in [0.29, 0.717) is 12.6 Å². The SMILES string of the molecule is C=CC(=O)N1CCN(c2nc(=O)n3c4c(c(-c5cc(Cl)c(F)cc5F)c(C(F)(F)F)cc24)SCC(OCCNC)C3)CC1C. The lowest BCUT2D eigenvalue weighted by molar-refractivity contribution is -0.137. The Hall–Kier alpha value is -3.20. The summed E-state index contributed by atoms with van der Waals surface area (Å²) in [5, 5.41) is 2.42. The molecule has 1 saturated heterocycles. The summed E-state index contributed by atoms with van der Waals surface area (Å²) in [6.45, 7) is 6.66. The Morgan fingerprint density at radius 2 is 1.98 bits per heavy atom. The van der Waals surface area contributed by atoms with Gasteiger partial charge in [0.15, 0.2) is 0 Å². The molecule has 2 aliphatic rings. The van der Waals surface area contributed by atoms with Crippen LogP contribution in [0.4, 0.5) is 27.8 Å². The van der Waals surface area contributed by atoms with Crippen molar-refractivity contribution < 1.29 is 31.5 Å². The number of nitrogens with zero attached hydrogens (tertiary/aromatic N) is 4. The average Bonchev–Trinajstić information content (AvgIpc) is 3.16. The van der Waals surface area contributed by atoms with Gasteiger partial charge in [-0.3, -0.25) is 9.36 Å². The van der Waals surface area contributed by atoms with Gasteiger partial charge in [0.1, 0.15) is 17.5 Å². The highest BCUT2D eigenvalue weighted by Gasteiger charge is 2.40. The Balaban J connectivity index is 1.79. The van der Waals surface area contributed by atoms with Gasteiger partial charge in [-0.2, -0.15) is 18.2 Å². The summed E-state index contributed by atoms with van der Waals surface area (Å²) in [5.74, 6) is -2.49. The summed E-state index contributed by atoms with van der Waals surface area (Å²) in [6.07, 6.45) is -4.39. The smallest absolute Gasteiger partial charge is 0.374 e. The topological polar surface area (TPSA) is 79.7 Å². The molecule has 2 aromatic carbocycles. The maximum absolute atomic E-state index is 15.3. The molecule has 0 saturated carbocycles. The number of rotatable bonds is 7. The van der Waals surface area contributed by atoms with E-state index in [-0.39, 0.29) is 72.1 Å². The molecule has 44 heavy (non-hydrogen) atoms. The molecule has 0 spiro atoms. The number of alkyl halides is 3. The lowest BCUT2D eigenvalue weighted by atomic mass is 9.95. The van der Waals surface area contributed by atoms with Crippen LogP contribution in [0.2, 0.25) is 5.02 Å². The number of likely N-dealkylation sites (N-methyl/N-ethyl adjacent to an activating group) is 1. The summed E-state index contributed by atoms with van der Waals surface area (Å²) in [6, 6.07) is 1.77. The molecule has 236 valence electrons. The number of amides is 1. The molecule has 0 aliphatic carbocycles. The van der Waals surface area contributed by atoms with E-state index in [9.17, 15) is 27.2 Å². The molecule has 15 heteroatoms. The predicted molar refractivity (Wildman–Crippen MR) is 159 cm³/mol. The van der Waals surface area contributed by atoms with Crippen LogP contribution in [0.25, 0.3) is 22.0 Å². The fraction of sp³-hybridized carbons (Fsp3) is 0.414. The van der Waals surface area contributed by atoms with Gasteiger partial charge in [0.2, 0.25) is 5.91 Å². The summed E-state index contributed by atoms with van der Waals surface area (Å²) in [4.78, 5) is 33.4. The summed E-state index contributed by atoms with van der Waals surface area (Å²) in [7, 11) is 1.74. The molecule has 0 radical (unpaired) electrons. The molecule has 1 fully saturated rings. The van der Waals surface area contributed by atoms with Crippen molar-refractivity contribution in [3.63, 3.8) is 0 Å². The molecule has 3 aromatic rings. The van der Waals surface area contributed by atoms with Gasteiger partial charge in [-0.1, -0.05) is 18.2 Å². The Labute approximate surface area is 258 Å². The van der Waals surface area contributed by atoms with E-state index >= 15 is 4.39 Å². The first kappa shape index (κ1) is 32.2. The second kappa shape index (κ2) is 12.7. The van der Waals surface area contributed by atoms with Crippen molar-refractivity contribution in [2.45, 2.75) is 36.7 Å². The summed E-state index contributed by atoms with van der Waals surface area (Å²) in [5.41, 5.74) is -2.88. The highest BCUT2D eigenvalue weighted by atomic mass is 35.5. The Morgan fingerprint density at radius 3 is 2.64 bits per heavy atom. The zero-order valence-electron chi connectivity index (χ0n) is 23.8. The molecule has 2 unspecified atom stereocenters. The van der Waals surface area contributed by atoms with Crippen LogP contribution in [0.15, 0.2) is 40.5 Å². The number of ether oxygens (including phenoxy) is 1. The third-order valence-corrected chi connectivity index (χ3v) is 9.19. The number of aromatic nitrogens is 2. The van der Waals surface area contributed by atoms with E-state index in [1.165, 1.54) is 10.6 Å². The standard InChI is InChI=1S/C29H29ClF5N5O3S/c1-4-23(41)39-7-6-38(12-15(39)2)27-18-9-19(29(33,34)35)24(17-10-20(30)22(32)11-21(17)31)26-25(18)40(28(42)37-27)13-16(14-44-26)43-8-5-36-3/h4,9-11,15-16,36H,1,5-8,12-14H2,2-3H3. The van der Waals surface area contributed by atoms with Gasteiger partial charge in [0, 0.05) is 65.4 Å². The van der Waals surface area contributed by atoms with E-state index in [1.54, 1.807) is 23.8 Å². The quantitative estimate of drug-likeness (QED) is 0.167. The molecular weight excluding hydrogens is 629 g/mol. The maximum Gasteiger partial charge on any atom is 0.417 e. The lowest BCUT2D eigenvalue weighted by Gasteiger charge is -2.40. The number of carbonyl (C=O) groups excluding carboxylic acids is 1. The van der Waals surface area contributed by atoms with E-state index < -0.39 is 51.3 Å². The molecule has 1 aromatic heterocycles. The zero-order chi connectivity index (χ0) is 31.9. The first-order chi connectivity index (χ1) is 20.8. The normalized spacial score (nSPS) is 18.9. The van der Waals surface area contributed by atoms with Gasteiger partial charge in [-0.25, -0.2) is 13.6 Å². The number of nitrogens with one attached hydrogen (secondary N) is 1. The number of hydrogen-bond donors (Lipinski definition) is 1. The third kappa shape index (κ3) is 6.04. The largest absolute Gasteiger partial charge is 0.417 e. The number of anilines is 1. The van der Waals surface area contributed by atoms with Gasteiger partial charge >= 0.3 is 11.9 Å². The number of hydrogen-bond acceptors (Lipinski definition) is 7. The van der Waals surface area contributed by atoms with Crippen LogP contribution in [-0.2, 0) is 22.3 Å². The second-order valence-electron chi connectivity index (χ2n) is 10.5. The van der Waals surface area contributed by atoms with Gasteiger partial charge in [-0.05, 0) is 32.2 Å². The predicted octanol–water partition coefficient (Wildman–Crippen LogP) is 4.95. The number of benzene rings is 2. The first-order valence-corrected chi connectivity index (χ1v) is 15.1. The van der Waals surface area contributed by atoms with E-state index in [4.69, 9.17) is 16.3 Å². The van der Waals surface area contributed by atoms with Crippen LogP contribution in [0.5, 0.6) is 0 Å². The summed E-state index contributed by atoms with van der Waals surface area (Å²) < 4.78 is 81.2. The minimum atomic E-state index is -4.98. The molecule has 1 amide bonds. The van der Waals surface area contributed by atoms with Crippen LogP contribution in [-0.4, -0.2) is 78.1 Å². The van der Waals surface area contributed by atoms with Crippen molar-refractivity contribution in [1.82, 2.24) is 19.8 Å². The Kier molecular flexibility index (Phi) is 9.26. The Bertz CT molecular complexity index is 1680. The monoisotopic (exact) mass is 657 g/mol. The number of thioether (sulfide) groups is 1. The molecular formula is C29H29ClF5N5O3S. The van der Waals surface area contributed by atoms with Crippen molar-refractivity contribution in [2.24, 2.45) is 0 Å². The van der Waals surface area contributed by atoms with Gasteiger partial charge in [0.25, 0.3) is 0 Å². The number of halogens is 6. The van der Waals surface area contributed by atoms with E-state index in [0.717, 1.165) is 23.9 Å². The van der Waals surface area contributed by atoms with Crippen LogP contribution >= 0.6 is 23.4 Å². The van der Waals surface area contributed by atoms with Crippen molar-refractivity contribution in [3.05, 3.63) is 63.6 Å². The van der Waals surface area contributed by atoms with Gasteiger partial charge in [0.05, 0.1) is 35.4 Å². The van der Waals surface area contributed by atoms with Crippen molar-refractivity contribution in [1.29, 1.82) is 0 Å². The third-order valence-electron chi connectivity index (χ3n) is 7.67. The van der Waals surface area contributed by atoms with Crippen molar-refractivity contribution >= 4 is 46.0 Å². The average molecular weight is 658 g/mol. The van der Waals surface area contributed by atoms with Crippen LogP contribution in [0, 0.1) is 11.6 Å².